The van der Waals surface area contributed by atoms with Crippen molar-refractivity contribution in [1.82, 2.24) is 10.2 Å². The minimum absolute atomic E-state index is 0.0100. The zero-order valence-corrected chi connectivity index (χ0v) is 19.7. The largest absolute Gasteiger partial charge is 0.342 e. The normalized spacial score (nSPS) is 19.9. The second kappa shape index (κ2) is 11.1. The van der Waals surface area contributed by atoms with Crippen molar-refractivity contribution in [3.8, 4) is 0 Å². The molecule has 176 valence electrons. The molecule has 1 N–H and O–H groups in total. The molecule has 6 heteroatoms. The number of carbonyl (C=O) groups excluding carboxylic acids is 3. The van der Waals surface area contributed by atoms with E-state index in [1.165, 1.54) is 6.07 Å². The molecule has 5 nitrogen and oxygen atoms in total. The molecular weight excluding hydrogens is 407 g/mol. The highest BCUT2D eigenvalue weighted by molar-refractivity contribution is 5.98. The van der Waals surface area contributed by atoms with Crippen molar-refractivity contribution in [2.24, 2.45) is 11.8 Å². The fraction of sp³-hybridized carbons (Fsp3) is 0.654. The summed E-state index contributed by atoms with van der Waals surface area (Å²) in [6.07, 6.45) is 7.47. The fourth-order valence-electron chi connectivity index (χ4n) is 4.80. The predicted octanol–water partition coefficient (Wildman–Crippen LogP) is 4.85. The topological polar surface area (TPSA) is 66.5 Å². The van der Waals surface area contributed by atoms with E-state index in [0.29, 0.717) is 19.5 Å². The number of benzene rings is 1. The summed E-state index contributed by atoms with van der Waals surface area (Å²) in [7, 11) is 0. The van der Waals surface area contributed by atoms with Crippen LogP contribution in [0.3, 0.4) is 0 Å². The molecule has 0 radical (unpaired) electrons. The number of amides is 2. The highest BCUT2D eigenvalue weighted by Crippen LogP contribution is 2.36. The van der Waals surface area contributed by atoms with E-state index in [1.54, 1.807) is 19.1 Å². The van der Waals surface area contributed by atoms with E-state index in [0.717, 1.165) is 50.5 Å². The summed E-state index contributed by atoms with van der Waals surface area (Å²) in [5, 5.41) is 2.85. The minimum Gasteiger partial charge on any atom is -0.342 e. The lowest BCUT2D eigenvalue weighted by Crippen LogP contribution is -2.49. The van der Waals surface area contributed by atoms with Crippen LogP contribution in [0.2, 0.25) is 0 Å². The minimum atomic E-state index is -0.576. The lowest BCUT2D eigenvalue weighted by atomic mass is 9.81. The Labute approximate surface area is 191 Å². The number of nitrogens with one attached hydrogen (secondary N) is 1. The molecule has 2 aliphatic carbocycles. The Bertz CT molecular complexity index is 824. The van der Waals surface area contributed by atoms with Gasteiger partial charge in [0.2, 0.25) is 5.91 Å². The zero-order valence-electron chi connectivity index (χ0n) is 19.7. The maximum absolute atomic E-state index is 14.5. The van der Waals surface area contributed by atoms with Gasteiger partial charge in [0, 0.05) is 31.3 Å². The number of ketones is 1. The first-order valence-corrected chi connectivity index (χ1v) is 12.4. The van der Waals surface area contributed by atoms with Crippen LogP contribution in [-0.4, -0.2) is 41.6 Å². The number of carbonyl (C=O) groups is 3. The van der Waals surface area contributed by atoms with Gasteiger partial charge in [-0.25, -0.2) is 4.39 Å². The van der Waals surface area contributed by atoms with Crippen molar-refractivity contribution in [3.63, 3.8) is 0 Å². The van der Waals surface area contributed by atoms with Gasteiger partial charge in [-0.1, -0.05) is 46.1 Å². The summed E-state index contributed by atoms with van der Waals surface area (Å²) in [5.74, 6) is -0.390. The molecule has 32 heavy (non-hydrogen) atoms. The Hall–Kier alpha value is -2.24. The van der Waals surface area contributed by atoms with Crippen LogP contribution < -0.4 is 5.32 Å². The Balaban J connectivity index is 0.00000141. The highest BCUT2D eigenvalue weighted by atomic mass is 19.1. The molecule has 3 fully saturated rings. The van der Waals surface area contributed by atoms with Crippen LogP contribution in [0, 0.1) is 17.7 Å². The first-order valence-electron chi connectivity index (χ1n) is 12.4. The number of nitrogens with zero attached hydrogens (tertiary/aromatic N) is 1. The molecule has 1 atom stereocenters. The summed E-state index contributed by atoms with van der Waals surface area (Å²) in [6, 6.07) is 4.09. The van der Waals surface area contributed by atoms with Gasteiger partial charge in [0.25, 0.3) is 5.91 Å². The first kappa shape index (κ1) is 24.4. The molecule has 0 aromatic heterocycles. The van der Waals surface area contributed by atoms with Gasteiger partial charge in [0.1, 0.15) is 5.82 Å². The molecule has 2 amide bonds. The van der Waals surface area contributed by atoms with E-state index >= 15 is 0 Å². The van der Waals surface area contributed by atoms with Crippen LogP contribution in [0.15, 0.2) is 18.2 Å². The van der Waals surface area contributed by atoms with Gasteiger partial charge >= 0.3 is 0 Å². The first-order chi connectivity index (χ1) is 15.5. The zero-order chi connectivity index (χ0) is 23.3. The van der Waals surface area contributed by atoms with Crippen LogP contribution in [-0.2, 0) is 9.59 Å². The van der Waals surface area contributed by atoms with Crippen LogP contribution >= 0.6 is 0 Å². The summed E-state index contributed by atoms with van der Waals surface area (Å²) in [6.45, 7) is 7.05. The number of halogens is 1. The van der Waals surface area contributed by atoms with E-state index in [2.05, 4.69) is 5.32 Å². The lowest BCUT2D eigenvalue weighted by molar-refractivity contribution is -0.137. The monoisotopic (exact) mass is 444 g/mol. The number of hydrogen-bond donors (Lipinski definition) is 1. The third-order valence-corrected chi connectivity index (χ3v) is 6.93. The third kappa shape index (κ3) is 5.57. The van der Waals surface area contributed by atoms with Crippen LogP contribution in [0.4, 0.5) is 4.39 Å². The molecule has 1 aromatic carbocycles. The molecule has 1 unspecified atom stereocenters. The SMILES string of the molecule is CC.CCC(=O)C(NC(=O)c1cc(C2CN(C(=O)C3CC3)C2)ccc1F)C1CCCCC1. The quantitative estimate of drug-likeness (QED) is 0.654. The van der Waals surface area contributed by atoms with E-state index < -0.39 is 17.8 Å². The van der Waals surface area contributed by atoms with E-state index in [9.17, 15) is 18.8 Å². The molecule has 1 heterocycles. The van der Waals surface area contributed by atoms with Gasteiger partial charge in [-0.3, -0.25) is 14.4 Å². The second-order valence-corrected chi connectivity index (χ2v) is 9.12. The van der Waals surface area contributed by atoms with E-state index in [4.69, 9.17) is 0 Å². The second-order valence-electron chi connectivity index (χ2n) is 9.12. The highest BCUT2D eigenvalue weighted by Gasteiger charge is 2.40. The summed E-state index contributed by atoms with van der Waals surface area (Å²) < 4.78 is 14.5. The molecule has 1 aromatic rings. The van der Waals surface area contributed by atoms with Crippen LogP contribution in [0.5, 0.6) is 0 Å². The molecule has 0 bridgehead atoms. The smallest absolute Gasteiger partial charge is 0.254 e. The van der Waals surface area contributed by atoms with Crippen LogP contribution in [0.25, 0.3) is 0 Å². The van der Waals surface area contributed by atoms with E-state index in [-0.39, 0.29) is 35.0 Å². The van der Waals surface area contributed by atoms with Crippen molar-refractivity contribution < 1.29 is 18.8 Å². The third-order valence-electron chi connectivity index (χ3n) is 6.93. The number of Topliss-reactive ketones (excluding diaryl/α,β-unsaturated/α-hetero) is 1. The van der Waals surface area contributed by atoms with Crippen molar-refractivity contribution in [2.45, 2.75) is 84.1 Å². The van der Waals surface area contributed by atoms with E-state index in [1.807, 2.05) is 18.7 Å². The van der Waals surface area contributed by atoms with Crippen molar-refractivity contribution in [2.75, 3.05) is 13.1 Å². The molecule has 0 spiro atoms. The molecule has 2 saturated carbocycles. The molecule has 1 saturated heterocycles. The predicted molar refractivity (Wildman–Crippen MR) is 123 cm³/mol. The molecule has 1 aliphatic heterocycles. The number of hydrogen-bond acceptors (Lipinski definition) is 3. The maximum Gasteiger partial charge on any atom is 0.254 e. The Morgan fingerprint density at radius 2 is 1.72 bits per heavy atom. The number of rotatable bonds is 7. The van der Waals surface area contributed by atoms with Gasteiger partial charge < -0.3 is 10.2 Å². The molecular formula is C26H37FN2O3. The summed E-state index contributed by atoms with van der Waals surface area (Å²) in [4.78, 5) is 39.4. The van der Waals surface area contributed by atoms with Gasteiger partial charge in [0.15, 0.2) is 5.78 Å². The Morgan fingerprint density at radius 1 is 1.06 bits per heavy atom. The van der Waals surface area contributed by atoms with Crippen molar-refractivity contribution in [1.29, 1.82) is 0 Å². The summed E-state index contributed by atoms with van der Waals surface area (Å²) in [5.41, 5.74) is 0.863. The molecule has 4 rings (SSSR count). The average Bonchev–Trinajstić information content (AvgIpc) is 3.64. The van der Waals surface area contributed by atoms with Gasteiger partial charge in [-0.05, 0) is 49.3 Å². The Kier molecular flexibility index (Phi) is 8.44. The fourth-order valence-corrected chi connectivity index (χ4v) is 4.80. The van der Waals surface area contributed by atoms with Gasteiger partial charge in [0.05, 0.1) is 11.6 Å². The van der Waals surface area contributed by atoms with Crippen LogP contribution in [0.1, 0.15) is 94.0 Å². The van der Waals surface area contributed by atoms with Crippen molar-refractivity contribution >= 4 is 17.6 Å². The maximum atomic E-state index is 14.5. The lowest BCUT2D eigenvalue weighted by Gasteiger charge is -2.40. The average molecular weight is 445 g/mol. The number of likely N-dealkylation sites (tertiary alicyclic amines) is 1. The summed E-state index contributed by atoms with van der Waals surface area (Å²) >= 11 is 0. The van der Waals surface area contributed by atoms with Crippen molar-refractivity contribution in [3.05, 3.63) is 35.1 Å². The Morgan fingerprint density at radius 3 is 2.31 bits per heavy atom. The molecule has 3 aliphatic rings. The standard InChI is InChI=1S/C24H31FN2O3.C2H6/c1-2-21(28)22(15-6-4-3-5-7-15)26-23(29)19-12-17(10-11-20(19)25)18-13-27(14-18)24(30)16-8-9-16;1-2/h10-12,15-16,18,22H,2-9,13-14H2,1H3,(H,26,29);1-2H3. The van der Waals surface area contributed by atoms with Gasteiger partial charge in [-0.2, -0.15) is 0 Å². The van der Waals surface area contributed by atoms with Gasteiger partial charge in [-0.15, -0.1) is 0 Å².